The Bertz CT molecular complexity index is 675. The molecule has 2 aromatic heterocycles. The van der Waals surface area contributed by atoms with Gasteiger partial charge in [0.2, 0.25) is 10.0 Å². The minimum absolute atomic E-state index is 0.0576. The Kier molecular flexibility index (Phi) is 4.33. The number of sulfonamides is 1. The van der Waals surface area contributed by atoms with Crippen LogP contribution in [0.2, 0.25) is 0 Å². The quantitative estimate of drug-likeness (QED) is 0.779. The first kappa shape index (κ1) is 14.4. The van der Waals surface area contributed by atoms with Gasteiger partial charge in [-0.1, -0.05) is 19.8 Å². The molecule has 0 spiro atoms. The number of amides is 1. The number of hydrogen-bond donors (Lipinski definition) is 2. The second-order valence-electron chi connectivity index (χ2n) is 4.42. The third-order valence-electron chi connectivity index (χ3n) is 2.74. The molecule has 20 heavy (non-hydrogen) atoms. The van der Waals surface area contributed by atoms with Crippen molar-refractivity contribution in [3.63, 3.8) is 0 Å². The number of hydrogen-bond acceptors (Lipinski definition) is 5. The van der Waals surface area contributed by atoms with Crippen molar-refractivity contribution >= 4 is 27.1 Å². The first-order chi connectivity index (χ1) is 9.52. The number of aromatic nitrogens is 3. The van der Waals surface area contributed by atoms with Crippen LogP contribution in [0.25, 0.3) is 11.2 Å². The number of pyridine rings is 1. The van der Waals surface area contributed by atoms with Gasteiger partial charge in [0.15, 0.2) is 11.5 Å². The molecule has 0 aliphatic carbocycles. The number of imidazole rings is 1. The molecular formula is C12H16N4O3S. The van der Waals surface area contributed by atoms with Gasteiger partial charge < -0.3 is 4.98 Å². The highest BCUT2D eigenvalue weighted by atomic mass is 32.2. The molecule has 0 atom stereocenters. The lowest BCUT2D eigenvalue weighted by molar-refractivity contribution is 0.0972. The van der Waals surface area contributed by atoms with Crippen LogP contribution in [0.3, 0.4) is 0 Å². The molecule has 0 saturated heterocycles. The average Bonchev–Trinajstić information content (AvgIpc) is 2.82. The van der Waals surface area contributed by atoms with Crippen molar-refractivity contribution in [1.82, 2.24) is 19.7 Å². The molecule has 0 radical (unpaired) electrons. The summed E-state index contributed by atoms with van der Waals surface area (Å²) in [5, 5.41) is 0. The number of rotatable bonds is 6. The van der Waals surface area contributed by atoms with Crippen molar-refractivity contribution in [2.45, 2.75) is 26.2 Å². The normalized spacial score (nSPS) is 11.7. The summed E-state index contributed by atoms with van der Waals surface area (Å²) in [6.07, 6.45) is 3.80. The summed E-state index contributed by atoms with van der Waals surface area (Å²) < 4.78 is 25.4. The molecule has 1 amide bonds. The Morgan fingerprint density at radius 3 is 2.90 bits per heavy atom. The van der Waals surface area contributed by atoms with Crippen LogP contribution in [0.5, 0.6) is 0 Å². The average molecular weight is 296 g/mol. The molecule has 0 bridgehead atoms. The zero-order valence-corrected chi connectivity index (χ0v) is 11.9. The van der Waals surface area contributed by atoms with Crippen molar-refractivity contribution in [2.75, 3.05) is 5.75 Å². The number of nitrogens with one attached hydrogen (secondary N) is 2. The SMILES string of the molecule is CCCCCS(=O)(=O)NC(=O)c1nc2ncccc2[nH]1. The van der Waals surface area contributed by atoms with E-state index in [2.05, 4.69) is 15.0 Å². The topological polar surface area (TPSA) is 105 Å². The van der Waals surface area contributed by atoms with Crippen LogP contribution >= 0.6 is 0 Å². The van der Waals surface area contributed by atoms with E-state index in [0.717, 1.165) is 12.8 Å². The number of fused-ring (bicyclic) bond motifs is 1. The van der Waals surface area contributed by atoms with Crippen LogP contribution in [-0.2, 0) is 10.0 Å². The molecule has 0 fully saturated rings. The third-order valence-corrected chi connectivity index (χ3v) is 4.06. The predicted octanol–water partition coefficient (Wildman–Crippen LogP) is 1.21. The summed E-state index contributed by atoms with van der Waals surface area (Å²) >= 11 is 0. The van der Waals surface area contributed by atoms with Crippen LogP contribution in [0, 0.1) is 0 Å². The minimum Gasteiger partial charge on any atom is -0.332 e. The molecule has 0 aromatic carbocycles. The van der Waals surface area contributed by atoms with E-state index in [1.165, 1.54) is 0 Å². The van der Waals surface area contributed by atoms with E-state index < -0.39 is 15.9 Å². The van der Waals surface area contributed by atoms with Gasteiger partial charge in [0.25, 0.3) is 0 Å². The van der Waals surface area contributed by atoms with Crippen molar-refractivity contribution < 1.29 is 13.2 Å². The third kappa shape index (κ3) is 3.53. The van der Waals surface area contributed by atoms with Crippen LogP contribution in [0.1, 0.15) is 36.8 Å². The highest BCUT2D eigenvalue weighted by Crippen LogP contribution is 2.07. The zero-order chi connectivity index (χ0) is 14.6. The number of carbonyl (C=O) groups is 1. The Morgan fingerprint density at radius 2 is 2.20 bits per heavy atom. The monoisotopic (exact) mass is 296 g/mol. The van der Waals surface area contributed by atoms with E-state index in [-0.39, 0.29) is 11.6 Å². The maximum Gasteiger partial charge on any atom is 0.300 e. The van der Waals surface area contributed by atoms with Crippen molar-refractivity contribution in [1.29, 1.82) is 0 Å². The number of carbonyl (C=O) groups excluding carboxylic acids is 1. The Labute approximate surface area is 116 Å². The van der Waals surface area contributed by atoms with Gasteiger partial charge in [0, 0.05) is 6.20 Å². The molecule has 8 heteroatoms. The van der Waals surface area contributed by atoms with Crippen LogP contribution < -0.4 is 4.72 Å². The van der Waals surface area contributed by atoms with Gasteiger partial charge in [-0.2, -0.15) is 0 Å². The molecule has 0 unspecified atom stereocenters. The Balaban J connectivity index is 2.07. The van der Waals surface area contributed by atoms with E-state index in [9.17, 15) is 13.2 Å². The van der Waals surface area contributed by atoms with Gasteiger partial charge in [0.05, 0.1) is 11.3 Å². The largest absolute Gasteiger partial charge is 0.332 e. The summed E-state index contributed by atoms with van der Waals surface area (Å²) in [6.45, 7) is 1.98. The predicted molar refractivity (Wildman–Crippen MR) is 74.7 cm³/mol. The number of nitrogens with zero attached hydrogens (tertiary/aromatic N) is 2. The number of unbranched alkanes of at least 4 members (excludes halogenated alkanes) is 2. The van der Waals surface area contributed by atoms with Crippen LogP contribution in [-0.4, -0.2) is 35.0 Å². The molecule has 0 aliphatic heterocycles. The fraction of sp³-hybridized carbons (Fsp3) is 0.417. The zero-order valence-electron chi connectivity index (χ0n) is 11.1. The molecule has 108 valence electrons. The second-order valence-corrected chi connectivity index (χ2v) is 6.26. The van der Waals surface area contributed by atoms with Crippen LogP contribution in [0.4, 0.5) is 0 Å². The molecular weight excluding hydrogens is 280 g/mol. The highest BCUT2D eigenvalue weighted by Gasteiger charge is 2.18. The van der Waals surface area contributed by atoms with Gasteiger partial charge in [-0.3, -0.25) is 4.79 Å². The molecule has 0 saturated carbocycles. The van der Waals surface area contributed by atoms with Gasteiger partial charge in [0.1, 0.15) is 0 Å². The van der Waals surface area contributed by atoms with E-state index in [4.69, 9.17) is 0 Å². The van der Waals surface area contributed by atoms with E-state index in [0.29, 0.717) is 17.6 Å². The lowest BCUT2D eigenvalue weighted by Crippen LogP contribution is -2.33. The summed E-state index contributed by atoms with van der Waals surface area (Å²) in [6, 6.07) is 3.41. The lowest BCUT2D eigenvalue weighted by atomic mass is 10.3. The summed E-state index contributed by atoms with van der Waals surface area (Å²) in [4.78, 5) is 22.5. The molecule has 7 nitrogen and oxygen atoms in total. The standard InChI is InChI=1S/C12H16N4O3S/c1-2-3-4-8-20(18,19)16-12(17)11-14-9-6-5-7-13-10(9)15-11/h5-7H,2-4,8H2,1H3,(H,16,17)(H,13,14,15). The van der Waals surface area contributed by atoms with Crippen molar-refractivity contribution in [2.24, 2.45) is 0 Å². The fourth-order valence-corrected chi connectivity index (χ4v) is 2.80. The van der Waals surface area contributed by atoms with E-state index in [1.54, 1.807) is 18.3 Å². The van der Waals surface area contributed by atoms with Gasteiger partial charge in [-0.05, 0) is 18.6 Å². The summed E-state index contributed by atoms with van der Waals surface area (Å²) in [5.41, 5.74) is 0.960. The fourth-order valence-electron chi connectivity index (χ4n) is 1.74. The Hall–Kier alpha value is -1.96. The summed E-state index contributed by atoms with van der Waals surface area (Å²) in [5.74, 6) is -0.886. The minimum atomic E-state index is -3.62. The number of H-pyrrole nitrogens is 1. The van der Waals surface area contributed by atoms with Gasteiger partial charge in [-0.25, -0.2) is 23.1 Å². The highest BCUT2D eigenvalue weighted by molar-refractivity contribution is 7.90. The van der Waals surface area contributed by atoms with Crippen molar-refractivity contribution in [3.8, 4) is 0 Å². The van der Waals surface area contributed by atoms with E-state index in [1.807, 2.05) is 11.6 Å². The smallest absolute Gasteiger partial charge is 0.300 e. The Morgan fingerprint density at radius 1 is 1.40 bits per heavy atom. The molecule has 2 N–H and O–H groups in total. The van der Waals surface area contributed by atoms with E-state index >= 15 is 0 Å². The maximum atomic E-state index is 11.9. The number of aromatic amines is 1. The van der Waals surface area contributed by atoms with Crippen LogP contribution in [0.15, 0.2) is 18.3 Å². The van der Waals surface area contributed by atoms with Gasteiger partial charge in [-0.15, -0.1) is 0 Å². The second kappa shape index (κ2) is 6.00. The lowest BCUT2D eigenvalue weighted by Gasteiger charge is -2.04. The molecule has 2 aromatic rings. The molecule has 2 rings (SSSR count). The van der Waals surface area contributed by atoms with Crippen molar-refractivity contribution in [3.05, 3.63) is 24.2 Å². The van der Waals surface area contributed by atoms with Gasteiger partial charge >= 0.3 is 5.91 Å². The summed E-state index contributed by atoms with van der Waals surface area (Å²) in [7, 11) is -3.62. The first-order valence-electron chi connectivity index (χ1n) is 6.37. The molecule has 2 heterocycles. The molecule has 0 aliphatic rings. The first-order valence-corrected chi connectivity index (χ1v) is 8.02. The maximum absolute atomic E-state index is 11.9.